The number of carbonyl (C=O) groups is 1. The summed E-state index contributed by atoms with van der Waals surface area (Å²) < 4.78 is 5.64. The summed E-state index contributed by atoms with van der Waals surface area (Å²) in [5.41, 5.74) is -0.254. The minimum atomic E-state index is -0.254. The Balaban J connectivity index is 1.88. The van der Waals surface area contributed by atoms with Crippen LogP contribution in [0.25, 0.3) is 0 Å². The van der Waals surface area contributed by atoms with Crippen LogP contribution in [-0.2, 0) is 9.53 Å². The molecular weight excluding hydrogens is 252 g/mol. The summed E-state index contributed by atoms with van der Waals surface area (Å²) in [6.45, 7) is 4.42. The van der Waals surface area contributed by atoms with Gasteiger partial charge in [-0.1, -0.05) is 26.7 Å². The number of methoxy groups -OCH3 is 1. The van der Waals surface area contributed by atoms with Gasteiger partial charge in [0.1, 0.15) is 0 Å². The summed E-state index contributed by atoms with van der Waals surface area (Å²) in [4.78, 5) is 15.3. The van der Waals surface area contributed by atoms with E-state index in [4.69, 9.17) is 4.74 Å². The molecule has 4 heteroatoms. The lowest BCUT2D eigenvalue weighted by Crippen LogP contribution is -2.50. The van der Waals surface area contributed by atoms with Gasteiger partial charge < -0.3 is 9.64 Å². The third-order valence-electron chi connectivity index (χ3n) is 5.53. The number of nitrogens with zero attached hydrogens (tertiary/aromatic N) is 1. The maximum atomic E-state index is 13.1. The Labute approximate surface area is 122 Å². The molecule has 0 aromatic heterocycles. The molecule has 3 aliphatic rings. The highest BCUT2D eigenvalue weighted by Crippen LogP contribution is 2.41. The van der Waals surface area contributed by atoms with Gasteiger partial charge in [0.15, 0.2) is 0 Å². The van der Waals surface area contributed by atoms with Crippen molar-refractivity contribution in [2.45, 2.75) is 82.6 Å². The number of ether oxygens (including phenoxy) is 1. The second-order valence-corrected chi connectivity index (χ2v) is 7.11. The first-order valence-corrected chi connectivity index (χ1v) is 8.22. The predicted octanol–water partition coefficient (Wildman–Crippen LogP) is 2.28. The molecule has 1 saturated heterocycles. The van der Waals surface area contributed by atoms with Crippen LogP contribution in [0.2, 0.25) is 0 Å². The SMILES string of the molecule is COC1CCCC1N1C(=O)C2(CCCC2)NC1C(C)C. The fraction of sp³-hybridized carbons (Fsp3) is 0.938. The van der Waals surface area contributed by atoms with E-state index < -0.39 is 0 Å². The largest absolute Gasteiger partial charge is 0.379 e. The van der Waals surface area contributed by atoms with Crippen molar-refractivity contribution in [3.8, 4) is 0 Å². The molecule has 20 heavy (non-hydrogen) atoms. The van der Waals surface area contributed by atoms with Gasteiger partial charge in [-0.25, -0.2) is 0 Å². The van der Waals surface area contributed by atoms with Gasteiger partial charge in [0, 0.05) is 7.11 Å². The zero-order chi connectivity index (χ0) is 14.3. The second kappa shape index (κ2) is 5.30. The van der Waals surface area contributed by atoms with E-state index in [0.29, 0.717) is 11.8 Å². The van der Waals surface area contributed by atoms with Gasteiger partial charge in [0.25, 0.3) is 0 Å². The van der Waals surface area contributed by atoms with Crippen molar-refractivity contribution in [1.29, 1.82) is 0 Å². The highest BCUT2D eigenvalue weighted by molar-refractivity contribution is 5.89. The molecule has 3 atom stereocenters. The van der Waals surface area contributed by atoms with E-state index in [1.165, 1.54) is 19.3 Å². The molecule has 1 N–H and O–H groups in total. The van der Waals surface area contributed by atoms with Gasteiger partial charge in [-0.15, -0.1) is 0 Å². The Morgan fingerprint density at radius 2 is 1.95 bits per heavy atom. The standard InChI is InChI=1S/C16H28N2O2/c1-11(2)14-17-16(9-4-5-10-16)15(19)18(14)12-7-6-8-13(12)20-3/h11-14,17H,4-10H2,1-3H3. The van der Waals surface area contributed by atoms with E-state index in [9.17, 15) is 4.79 Å². The van der Waals surface area contributed by atoms with Gasteiger partial charge >= 0.3 is 0 Å². The molecule has 1 heterocycles. The maximum Gasteiger partial charge on any atom is 0.244 e. The summed E-state index contributed by atoms with van der Waals surface area (Å²) in [5, 5.41) is 3.71. The molecule has 114 valence electrons. The van der Waals surface area contributed by atoms with E-state index in [1.54, 1.807) is 7.11 Å². The molecule has 3 fully saturated rings. The molecule has 2 aliphatic carbocycles. The number of rotatable bonds is 3. The van der Waals surface area contributed by atoms with E-state index in [1.807, 2.05) is 0 Å². The molecule has 3 rings (SSSR count). The highest BCUT2D eigenvalue weighted by atomic mass is 16.5. The van der Waals surface area contributed by atoms with Crippen LogP contribution < -0.4 is 5.32 Å². The van der Waals surface area contributed by atoms with Crippen molar-refractivity contribution in [3.63, 3.8) is 0 Å². The summed E-state index contributed by atoms with van der Waals surface area (Å²) in [6, 6.07) is 0.271. The molecule has 1 spiro atoms. The first-order chi connectivity index (χ1) is 9.59. The van der Waals surface area contributed by atoms with Crippen LogP contribution in [0.4, 0.5) is 0 Å². The first kappa shape index (κ1) is 14.3. The number of hydrogen-bond acceptors (Lipinski definition) is 3. The first-order valence-electron chi connectivity index (χ1n) is 8.22. The van der Waals surface area contributed by atoms with Crippen LogP contribution in [0.15, 0.2) is 0 Å². The van der Waals surface area contributed by atoms with Crippen LogP contribution in [0, 0.1) is 5.92 Å². The van der Waals surface area contributed by atoms with Crippen molar-refractivity contribution in [3.05, 3.63) is 0 Å². The Hall–Kier alpha value is -0.610. The molecule has 2 saturated carbocycles. The molecule has 0 aromatic rings. The van der Waals surface area contributed by atoms with Crippen LogP contribution in [0.1, 0.15) is 58.8 Å². The molecule has 0 bridgehead atoms. The molecular formula is C16H28N2O2. The minimum Gasteiger partial charge on any atom is -0.379 e. The van der Waals surface area contributed by atoms with Crippen molar-refractivity contribution >= 4 is 5.91 Å². The van der Waals surface area contributed by atoms with Gasteiger partial charge in [-0.3, -0.25) is 10.1 Å². The van der Waals surface area contributed by atoms with Crippen molar-refractivity contribution < 1.29 is 9.53 Å². The van der Waals surface area contributed by atoms with E-state index >= 15 is 0 Å². The average molecular weight is 280 g/mol. The second-order valence-electron chi connectivity index (χ2n) is 7.11. The molecule has 0 aromatic carbocycles. The number of hydrogen-bond donors (Lipinski definition) is 1. The van der Waals surface area contributed by atoms with Crippen LogP contribution in [0.5, 0.6) is 0 Å². The number of amides is 1. The van der Waals surface area contributed by atoms with Crippen LogP contribution in [-0.4, -0.2) is 41.8 Å². The highest BCUT2D eigenvalue weighted by Gasteiger charge is 2.56. The fourth-order valence-corrected chi connectivity index (χ4v) is 4.47. The minimum absolute atomic E-state index is 0.182. The van der Waals surface area contributed by atoms with Gasteiger partial charge in [-0.05, 0) is 38.0 Å². The summed E-state index contributed by atoms with van der Waals surface area (Å²) in [6.07, 6.45) is 8.12. The third kappa shape index (κ3) is 2.08. The Kier molecular flexibility index (Phi) is 3.80. The summed E-state index contributed by atoms with van der Waals surface area (Å²) >= 11 is 0. The molecule has 3 unspecified atom stereocenters. The molecule has 1 amide bonds. The van der Waals surface area contributed by atoms with Gasteiger partial charge in [0.05, 0.1) is 23.9 Å². The quantitative estimate of drug-likeness (QED) is 0.862. The van der Waals surface area contributed by atoms with Crippen molar-refractivity contribution in [1.82, 2.24) is 10.2 Å². The average Bonchev–Trinajstić information content (AvgIpc) is 3.11. The smallest absolute Gasteiger partial charge is 0.244 e. The lowest BCUT2D eigenvalue weighted by molar-refractivity contribution is -0.138. The van der Waals surface area contributed by atoms with Gasteiger partial charge in [0.2, 0.25) is 5.91 Å². The molecule has 0 radical (unpaired) electrons. The number of carbonyl (C=O) groups excluding carboxylic acids is 1. The Morgan fingerprint density at radius 3 is 2.55 bits per heavy atom. The predicted molar refractivity (Wildman–Crippen MR) is 78.2 cm³/mol. The summed E-state index contributed by atoms with van der Waals surface area (Å²) in [7, 11) is 1.78. The normalized spacial score (nSPS) is 36.7. The van der Waals surface area contributed by atoms with Gasteiger partial charge in [-0.2, -0.15) is 0 Å². The lowest BCUT2D eigenvalue weighted by atomic mass is 9.97. The summed E-state index contributed by atoms with van der Waals surface area (Å²) in [5.74, 6) is 0.791. The van der Waals surface area contributed by atoms with Crippen molar-refractivity contribution in [2.24, 2.45) is 5.92 Å². The van der Waals surface area contributed by atoms with Crippen LogP contribution >= 0.6 is 0 Å². The lowest BCUT2D eigenvalue weighted by Gasteiger charge is -2.35. The maximum absolute atomic E-state index is 13.1. The third-order valence-corrected chi connectivity index (χ3v) is 5.53. The molecule has 4 nitrogen and oxygen atoms in total. The Bertz CT molecular complexity index is 377. The van der Waals surface area contributed by atoms with E-state index in [0.717, 1.165) is 25.7 Å². The van der Waals surface area contributed by atoms with E-state index in [2.05, 4.69) is 24.1 Å². The Morgan fingerprint density at radius 1 is 1.25 bits per heavy atom. The zero-order valence-corrected chi connectivity index (χ0v) is 13.0. The zero-order valence-electron chi connectivity index (χ0n) is 13.0. The fourth-order valence-electron chi connectivity index (χ4n) is 4.47. The monoisotopic (exact) mass is 280 g/mol. The molecule has 1 aliphatic heterocycles. The van der Waals surface area contributed by atoms with E-state index in [-0.39, 0.29) is 23.9 Å². The van der Waals surface area contributed by atoms with Crippen molar-refractivity contribution in [2.75, 3.05) is 7.11 Å². The number of nitrogens with one attached hydrogen (secondary N) is 1. The topological polar surface area (TPSA) is 41.6 Å². The van der Waals surface area contributed by atoms with Crippen LogP contribution in [0.3, 0.4) is 0 Å².